The number of nitrogen functional groups attached to an aromatic ring is 1. The van der Waals surface area contributed by atoms with Gasteiger partial charge >= 0.3 is 0 Å². The van der Waals surface area contributed by atoms with E-state index in [0.717, 1.165) is 17.9 Å². The predicted molar refractivity (Wildman–Crippen MR) is 79.1 cm³/mol. The van der Waals surface area contributed by atoms with Crippen molar-refractivity contribution in [1.29, 1.82) is 5.26 Å². The molecule has 0 spiro atoms. The van der Waals surface area contributed by atoms with Gasteiger partial charge in [0.05, 0.1) is 29.6 Å². The molecule has 0 radical (unpaired) electrons. The van der Waals surface area contributed by atoms with Crippen LogP contribution in [0.5, 0.6) is 0 Å². The summed E-state index contributed by atoms with van der Waals surface area (Å²) in [7, 11) is 0. The Morgan fingerprint density at radius 3 is 2.84 bits per heavy atom. The lowest BCUT2D eigenvalue weighted by molar-refractivity contribution is 0.805. The molecule has 2 aromatic rings. The Morgan fingerprint density at radius 1 is 1.37 bits per heavy atom. The third kappa shape index (κ3) is 2.56. The van der Waals surface area contributed by atoms with E-state index in [1.54, 1.807) is 17.4 Å². The molecule has 1 aliphatic rings. The number of nitriles is 1. The molecule has 19 heavy (non-hydrogen) atoms. The minimum absolute atomic E-state index is 0.568. The average Bonchev–Trinajstić information content (AvgIpc) is 3.14. The number of hydrogen-bond donors (Lipinski definition) is 1. The zero-order valence-electron chi connectivity index (χ0n) is 10.5. The number of rotatable bonds is 4. The summed E-state index contributed by atoms with van der Waals surface area (Å²) in [5.74, 6) is 0. The van der Waals surface area contributed by atoms with E-state index in [-0.39, 0.29) is 0 Å². The van der Waals surface area contributed by atoms with E-state index < -0.39 is 0 Å². The van der Waals surface area contributed by atoms with Gasteiger partial charge in [0, 0.05) is 10.9 Å². The monoisotopic (exact) mass is 269 g/mol. The molecule has 3 rings (SSSR count). The van der Waals surface area contributed by atoms with Gasteiger partial charge in [0.2, 0.25) is 0 Å². The van der Waals surface area contributed by atoms with Crippen molar-refractivity contribution in [3.63, 3.8) is 0 Å². The molecule has 1 aromatic heterocycles. The molecular formula is C15H15N3S. The van der Waals surface area contributed by atoms with Crippen molar-refractivity contribution in [2.45, 2.75) is 25.4 Å². The molecule has 1 fully saturated rings. The van der Waals surface area contributed by atoms with Gasteiger partial charge in [-0.15, -0.1) is 11.3 Å². The first-order valence-corrected chi connectivity index (χ1v) is 7.24. The fourth-order valence-corrected chi connectivity index (χ4v) is 2.93. The number of anilines is 2. The maximum atomic E-state index is 9.04. The predicted octanol–water partition coefficient (Wildman–Crippen LogP) is 3.37. The van der Waals surface area contributed by atoms with Gasteiger partial charge in [-0.2, -0.15) is 5.26 Å². The molecular weight excluding hydrogens is 254 g/mol. The summed E-state index contributed by atoms with van der Waals surface area (Å²) in [6.45, 7) is 0.876. The summed E-state index contributed by atoms with van der Waals surface area (Å²) >= 11 is 1.76. The van der Waals surface area contributed by atoms with E-state index in [0.29, 0.717) is 11.6 Å². The van der Waals surface area contributed by atoms with Crippen LogP contribution in [0.25, 0.3) is 0 Å². The summed E-state index contributed by atoms with van der Waals surface area (Å²) in [5.41, 5.74) is 8.51. The first-order valence-electron chi connectivity index (χ1n) is 6.36. The zero-order chi connectivity index (χ0) is 13.2. The van der Waals surface area contributed by atoms with Crippen LogP contribution in [0.15, 0.2) is 35.7 Å². The molecule has 0 saturated heterocycles. The van der Waals surface area contributed by atoms with Gasteiger partial charge in [-0.3, -0.25) is 0 Å². The maximum absolute atomic E-state index is 9.04. The molecule has 0 unspecified atom stereocenters. The molecule has 0 atom stereocenters. The molecule has 1 aromatic carbocycles. The van der Waals surface area contributed by atoms with Crippen LogP contribution >= 0.6 is 11.3 Å². The second kappa shape index (κ2) is 4.94. The van der Waals surface area contributed by atoms with Crippen molar-refractivity contribution in [2.24, 2.45) is 0 Å². The Bertz CT molecular complexity index is 609. The van der Waals surface area contributed by atoms with Crippen LogP contribution in [-0.4, -0.2) is 6.04 Å². The summed E-state index contributed by atoms with van der Waals surface area (Å²) in [5, 5.41) is 11.1. The Hall–Kier alpha value is -1.99. The van der Waals surface area contributed by atoms with Crippen molar-refractivity contribution in [3.05, 3.63) is 46.2 Å². The molecule has 2 N–H and O–H groups in total. The zero-order valence-corrected chi connectivity index (χ0v) is 11.4. The van der Waals surface area contributed by atoms with Crippen LogP contribution in [0.2, 0.25) is 0 Å². The van der Waals surface area contributed by atoms with Gasteiger partial charge in [0.15, 0.2) is 0 Å². The SMILES string of the molecule is N#Cc1ccc(N)c(N(Cc2cccs2)C2CC2)c1. The van der Waals surface area contributed by atoms with Gasteiger partial charge < -0.3 is 10.6 Å². The minimum Gasteiger partial charge on any atom is -0.397 e. The van der Waals surface area contributed by atoms with Crippen LogP contribution in [0.3, 0.4) is 0 Å². The summed E-state index contributed by atoms with van der Waals surface area (Å²) < 4.78 is 0. The molecule has 4 heteroatoms. The second-order valence-electron chi connectivity index (χ2n) is 4.82. The highest BCUT2D eigenvalue weighted by molar-refractivity contribution is 7.09. The van der Waals surface area contributed by atoms with Crippen molar-refractivity contribution in [1.82, 2.24) is 0 Å². The lowest BCUT2D eigenvalue weighted by Crippen LogP contribution is -2.25. The van der Waals surface area contributed by atoms with E-state index in [4.69, 9.17) is 11.0 Å². The Kier molecular flexibility index (Phi) is 3.14. The first-order chi connectivity index (χ1) is 9.28. The van der Waals surface area contributed by atoms with Crippen LogP contribution in [0.1, 0.15) is 23.3 Å². The lowest BCUT2D eigenvalue weighted by Gasteiger charge is -2.25. The minimum atomic E-state index is 0.568. The molecule has 1 heterocycles. The third-order valence-corrected chi connectivity index (χ3v) is 4.22. The van der Waals surface area contributed by atoms with E-state index in [1.807, 2.05) is 12.1 Å². The smallest absolute Gasteiger partial charge is 0.0992 e. The summed E-state index contributed by atoms with van der Waals surface area (Å²) in [6.07, 6.45) is 2.42. The largest absolute Gasteiger partial charge is 0.397 e. The topological polar surface area (TPSA) is 53.1 Å². The lowest BCUT2D eigenvalue weighted by atomic mass is 10.1. The molecule has 96 valence electrons. The van der Waals surface area contributed by atoms with Crippen LogP contribution in [0.4, 0.5) is 11.4 Å². The number of benzene rings is 1. The fourth-order valence-electron chi connectivity index (χ4n) is 2.23. The molecule has 0 aliphatic heterocycles. The fraction of sp³-hybridized carbons (Fsp3) is 0.267. The van der Waals surface area contributed by atoms with Crippen LogP contribution in [-0.2, 0) is 6.54 Å². The normalized spacial score (nSPS) is 14.1. The van der Waals surface area contributed by atoms with Crippen molar-refractivity contribution < 1.29 is 0 Å². The van der Waals surface area contributed by atoms with Gasteiger partial charge in [-0.05, 0) is 42.5 Å². The first kappa shape index (κ1) is 12.1. The summed E-state index contributed by atoms with van der Waals surface area (Å²) in [6, 6.07) is 12.5. The highest BCUT2D eigenvalue weighted by atomic mass is 32.1. The number of thiophene rings is 1. The van der Waals surface area contributed by atoms with Crippen molar-refractivity contribution in [3.8, 4) is 6.07 Å². The Labute approximate surface area is 116 Å². The second-order valence-corrected chi connectivity index (χ2v) is 5.86. The van der Waals surface area contributed by atoms with Gasteiger partial charge in [0.25, 0.3) is 0 Å². The maximum Gasteiger partial charge on any atom is 0.0992 e. The molecule has 1 saturated carbocycles. The van der Waals surface area contributed by atoms with Gasteiger partial charge in [0.1, 0.15) is 0 Å². The molecule has 1 aliphatic carbocycles. The number of nitrogens with two attached hydrogens (primary N) is 1. The van der Waals surface area contributed by atoms with E-state index in [1.165, 1.54) is 17.7 Å². The molecule has 3 nitrogen and oxygen atoms in total. The average molecular weight is 269 g/mol. The number of nitrogens with zero attached hydrogens (tertiary/aromatic N) is 2. The standard InChI is InChI=1S/C15H15N3S/c16-9-11-3-6-14(17)15(8-11)18(12-4-5-12)10-13-2-1-7-19-13/h1-3,6-8,12H,4-5,10,17H2. The number of hydrogen-bond acceptors (Lipinski definition) is 4. The van der Waals surface area contributed by atoms with Crippen molar-refractivity contribution in [2.75, 3.05) is 10.6 Å². The molecule has 0 bridgehead atoms. The van der Waals surface area contributed by atoms with E-state index >= 15 is 0 Å². The van der Waals surface area contributed by atoms with Crippen LogP contribution in [0, 0.1) is 11.3 Å². The Balaban J connectivity index is 1.94. The highest BCUT2D eigenvalue weighted by Crippen LogP contribution is 2.37. The van der Waals surface area contributed by atoms with Gasteiger partial charge in [-0.25, -0.2) is 0 Å². The van der Waals surface area contributed by atoms with Crippen molar-refractivity contribution >= 4 is 22.7 Å². The summed E-state index contributed by atoms with van der Waals surface area (Å²) in [4.78, 5) is 3.66. The van der Waals surface area contributed by atoms with Crippen LogP contribution < -0.4 is 10.6 Å². The van der Waals surface area contributed by atoms with E-state index in [2.05, 4.69) is 28.5 Å². The highest BCUT2D eigenvalue weighted by Gasteiger charge is 2.30. The van der Waals surface area contributed by atoms with Gasteiger partial charge in [-0.1, -0.05) is 6.07 Å². The quantitative estimate of drug-likeness (QED) is 0.866. The molecule has 0 amide bonds. The third-order valence-electron chi connectivity index (χ3n) is 3.36. The van der Waals surface area contributed by atoms with E-state index in [9.17, 15) is 0 Å². The Morgan fingerprint density at radius 2 is 2.21 bits per heavy atom.